The molecular formula is C26H33FN4O5. The highest BCUT2D eigenvalue weighted by atomic mass is 19.1. The summed E-state index contributed by atoms with van der Waals surface area (Å²) in [5.74, 6) is -1.76. The number of aliphatic carboxylic acids is 1. The number of likely N-dealkylation sites (N-methyl/N-ethyl adjacent to an activating group) is 1. The maximum atomic E-state index is 13.7. The molecule has 4 N–H and O–H groups in total. The van der Waals surface area contributed by atoms with Crippen LogP contribution in [0.25, 0.3) is 11.6 Å². The third kappa shape index (κ3) is 7.35. The zero-order valence-corrected chi connectivity index (χ0v) is 21.0. The van der Waals surface area contributed by atoms with Crippen LogP contribution in [0.2, 0.25) is 0 Å². The molecule has 0 bridgehead atoms. The van der Waals surface area contributed by atoms with Crippen molar-refractivity contribution >= 4 is 41.4 Å². The van der Waals surface area contributed by atoms with Gasteiger partial charge in [0.1, 0.15) is 12.1 Å². The number of anilines is 1. The van der Waals surface area contributed by atoms with Crippen LogP contribution >= 0.6 is 0 Å². The lowest BCUT2D eigenvalue weighted by Gasteiger charge is -2.18. The monoisotopic (exact) mass is 500 g/mol. The Balaban J connectivity index is 0.000000572. The molecular weight excluding hydrogens is 467 g/mol. The molecule has 9 nitrogen and oxygen atoms in total. The molecule has 2 amide bonds. The van der Waals surface area contributed by atoms with Gasteiger partial charge in [0.2, 0.25) is 0 Å². The molecule has 0 spiro atoms. The minimum atomic E-state index is -0.924. The zero-order chi connectivity index (χ0) is 26.8. The maximum absolute atomic E-state index is 13.7. The minimum absolute atomic E-state index is 0.0521. The number of aromatic amines is 1. The number of aryl methyl sites for hydroxylation is 1. The Labute approximate surface area is 209 Å². The van der Waals surface area contributed by atoms with Crippen LogP contribution in [0.1, 0.15) is 59.6 Å². The summed E-state index contributed by atoms with van der Waals surface area (Å²) in [5.41, 5.74) is 4.20. The third-order valence-corrected chi connectivity index (χ3v) is 5.84. The average molecular weight is 501 g/mol. The number of carboxylic acids is 1. The number of aldehydes is 1. The number of amides is 2. The SMILES string of the molecule is CCN(CC)CCNC(=O)c1c(C)[nH]c(/C=C2\C(=O)Nc3ccc(F)cc32)c1C.O=CCCC(=O)O. The van der Waals surface area contributed by atoms with Gasteiger partial charge in [-0.2, -0.15) is 0 Å². The topological polar surface area (TPSA) is 132 Å². The molecule has 36 heavy (non-hydrogen) atoms. The van der Waals surface area contributed by atoms with Crippen molar-refractivity contribution in [1.29, 1.82) is 0 Å². The highest BCUT2D eigenvalue weighted by Gasteiger charge is 2.26. The van der Waals surface area contributed by atoms with E-state index in [0.717, 1.165) is 30.9 Å². The van der Waals surface area contributed by atoms with Crippen LogP contribution in [-0.2, 0) is 14.4 Å². The van der Waals surface area contributed by atoms with E-state index in [9.17, 15) is 23.6 Å². The molecule has 1 aromatic heterocycles. The largest absolute Gasteiger partial charge is 0.481 e. The quantitative estimate of drug-likeness (QED) is 0.292. The van der Waals surface area contributed by atoms with Gasteiger partial charge >= 0.3 is 5.97 Å². The molecule has 1 aliphatic heterocycles. The number of fused-ring (bicyclic) bond motifs is 1. The Hall–Kier alpha value is -3.79. The number of carbonyl (C=O) groups is 4. The van der Waals surface area contributed by atoms with E-state index in [1.165, 1.54) is 12.1 Å². The summed E-state index contributed by atoms with van der Waals surface area (Å²) in [7, 11) is 0. The van der Waals surface area contributed by atoms with Gasteiger partial charge in [-0.25, -0.2) is 4.39 Å². The summed E-state index contributed by atoms with van der Waals surface area (Å²) >= 11 is 0. The average Bonchev–Trinajstić information content (AvgIpc) is 3.30. The van der Waals surface area contributed by atoms with Crippen LogP contribution in [0, 0.1) is 19.7 Å². The van der Waals surface area contributed by atoms with E-state index in [4.69, 9.17) is 5.11 Å². The first-order chi connectivity index (χ1) is 17.1. The predicted octanol–water partition coefficient (Wildman–Crippen LogP) is 3.39. The van der Waals surface area contributed by atoms with Crippen LogP contribution in [-0.4, -0.2) is 65.2 Å². The van der Waals surface area contributed by atoms with E-state index in [2.05, 4.69) is 34.4 Å². The van der Waals surface area contributed by atoms with E-state index >= 15 is 0 Å². The molecule has 3 rings (SSSR count). The van der Waals surface area contributed by atoms with Crippen LogP contribution in [0.5, 0.6) is 0 Å². The van der Waals surface area contributed by atoms with E-state index in [1.807, 2.05) is 13.8 Å². The normalized spacial score (nSPS) is 13.2. The molecule has 0 fully saturated rings. The number of carboxylic acid groups (broad SMARTS) is 1. The lowest BCUT2D eigenvalue weighted by Crippen LogP contribution is -2.35. The fourth-order valence-corrected chi connectivity index (χ4v) is 3.85. The van der Waals surface area contributed by atoms with E-state index < -0.39 is 11.8 Å². The van der Waals surface area contributed by atoms with Crippen molar-refractivity contribution in [3.63, 3.8) is 0 Å². The number of hydrogen-bond donors (Lipinski definition) is 4. The maximum Gasteiger partial charge on any atom is 0.303 e. The number of hydrogen-bond acceptors (Lipinski definition) is 5. The fourth-order valence-electron chi connectivity index (χ4n) is 3.85. The van der Waals surface area contributed by atoms with Crippen molar-refractivity contribution in [3.8, 4) is 0 Å². The lowest BCUT2D eigenvalue weighted by molar-refractivity contribution is -0.137. The van der Waals surface area contributed by atoms with Crippen molar-refractivity contribution in [1.82, 2.24) is 15.2 Å². The summed E-state index contributed by atoms with van der Waals surface area (Å²) in [5, 5.41) is 13.6. The van der Waals surface area contributed by atoms with Gasteiger partial charge in [0.05, 0.1) is 17.6 Å². The summed E-state index contributed by atoms with van der Waals surface area (Å²) in [6.45, 7) is 11.1. The number of benzene rings is 1. The molecule has 0 unspecified atom stereocenters. The highest BCUT2D eigenvalue weighted by Crippen LogP contribution is 2.34. The zero-order valence-electron chi connectivity index (χ0n) is 21.0. The van der Waals surface area contributed by atoms with Crippen LogP contribution in [0.3, 0.4) is 0 Å². The summed E-state index contributed by atoms with van der Waals surface area (Å²) in [6, 6.07) is 4.20. The molecule has 0 atom stereocenters. The smallest absolute Gasteiger partial charge is 0.303 e. The van der Waals surface area contributed by atoms with Gasteiger partial charge in [-0.1, -0.05) is 13.8 Å². The molecule has 10 heteroatoms. The Kier molecular flexibility index (Phi) is 10.5. The van der Waals surface area contributed by atoms with Gasteiger partial charge in [0, 0.05) is 42.1 Å². The Morgan fingerprint density at radius 3 is 2.47 bits per heavy atom. The number of rotatable bonds is 10. The first-order valence-electron chi connectivity index (χ1n) is 11.8. The van der Waals surface area contributed by atoms with Crippen molar-refractivity contribution in [3.05, 3.63) is 52.1 Å². The number of halogens is 1. The van der Waals surface area contributed by atoms with Gasteiger partial charge in [0.15, 0.2) is 0 Å². The third-order valence-electron chi connectivity index (χ3n) is 5.84. The van der Waals surface area contributed by atoms with Crippen LogP contribution < -0.4 is 10.6 Å². The Bertz CT molecular complexity index is 1150. The summed E-state index contributed by atoms with van der Waals surface area (Å²) < 4.78 is 13.7. The van der Waals surface area contributed by atoms with Gasteiger partial charge in [-0.3, -0.25) is 14.4 Å². The second-order valence-corrected chi connectivity index (χ2v) is 8.25. The number of aromatic nitrogens is 1. The van der Waals surface area contributed by atoms with E-state index in [1.54, 1.807) is 12.1 Å². The number of nitrogens with zero attached hydrogens (tertiary/aromatic N) is 1. The lowest BCUT2D eigenvalue weighted by atomic mass is 10.0. The number of nitrogens with one attached hydrogen (secondary N) is 3. The van der Waals surface area contributed by atoms with E-state index in [-0.39, 0.29) is 24.7 Å². The number of carbonyl (C=O) groups excluding carboxylic acids is 3. The van der Waals surface area contributed by atoms with Gasteiger partial charge in [-0.05, 0) is 56.8 Å². The van der Waals surface area contributed by atoms with E-state index in [0.29, 0.717) is 40.9 Å². The molecule has 2 aromatic rings. The molecule has 1 aliphatic rings. The molecule has 0 saturated carbocycles. The molecule has 0 aliphatic carbocycles. The summed E-state index contributed by atoms with van der Waals surface area (Å²) in [6.07, 6.45) is 2.34. The molecule has 194 valence electrons. The van der Waals surface area contributed by atoms with Gasteiger partial charge in [0.25, 0.3) is 11.8 Å². The Morgan fingerprint density at radius 2 is 1.89 bits per heavy atom. The first-order valence-corrected chi connectivity index (χ1v) is 11.8. The molecule has 2 heterocycles. The predicted molar refractivity (Wildman–Crippen MR) is 136 cm³/mol. The van der Waals surface area contributed by atoms with Crippen molar-refractivity contribution < 1.29 is 28.7 Å². The van der Waals surface area contributed by atoms with Crippen molar-refractivity contribution in [2.75, 3.05) is 31.5 Å². The van der Waals surface area contributed by atoms with Gasteiger partial charge in [-0.15, -0.1) is 0 Å². The second kappa shape index (κ2) is 13.3. The molecule has 1 aromatic carbocycles. The van der Waals surface area contributed by atoms with Crippen LogP contribution in [0.15, 0.2) is 18.2 Å². The van der Waals surface area contributed by atoms with Crippen LogP contribution in [0.4, 0.5) is 10.1 Å². The second-order valence-electron chi connectivity index (χ2n) is 8.25. The first kappa shape index (κ1) is 28.4. The highest BCUT2D eigenvalue weighted by molar-refractivity contribution is 6.34. The summed E-state index contributed by atoms with van der Waals surface area (Å²) in [4.78, 5) is 49.5. The number of H-pyrrole nitrogens is 1. The molecule has 0 radical (unpaired) electrons. The Morgan fingerprint density at radius 1 is 1.19 bits per heavy atom. The molecule has 0 saturated heterocycles. The minimum Gasteiger partial charge on any atom is -0.481 e. The standard InChI is InChI=1S/C22H27FN4O2.C4H6O3/c1-5-27(6-2)10-9-24-22(29)20-13(3)19(25-14(20)4)12-17-16-11-15(23)7-8-18(16)26-21(17)28;5-3-1-2-4(6)7/h7-8,11-12,25H,5-6,9-10H2,1-4H3,(H,24,29)(H,26,28);3H,1-2H2,(H,6,7)/b17-12-;. The van der Waals surface area contributed by atoms with Gasteiger partial charge < -0.3 is 30.4 Å². The van der Waals surface area contributed by atoms with Crippen molar-refractivity contribution in [2.24, 2.45) is 0 Å². The fraction of sp³-hybridized carbons (Fsp3) is 0.385. The van der Waals surface area contributed by atoms with Crippen molar-refractivity contribution in [2.45, 2.75) is 40.5 Å².